The van der Waals surface area contributed by atoms with E-state index < -0.39 is 10.8 Å². The van der Waals surface area contributed by atoms with Crippen LogP contribution in [0, 0.1) is 0 Å². The molecule has 0 aliphatic heterocycles. The van der Waals surface area contributed by atoms with Crippen molar-refractivity contribution >= 4 is 39.0 Å². The van der Waals surface area contributed by atoms with Crippen LogP contribution in [-0.4, -0.2) is 21.7 Å². The lowest BCUT2D eigenvalue weighted by atomic mass is 10.1. The Morgan fingerprint density at radius 2 is 1.89 bits per heavy atom. The Labute approximate surface area is 121 Å². The van der Waals surface area contributed by atoms with Crippen LogP contribution in [0.2, 0.25) is 0 Å². The van der Waals surface area contributed by atoms with Crippen LogP contribution >= 0.6 is 12.2 Å². The number of hydrogen-bond acceptors (Lipinski definition) is 3. The average Bonchev–Trinajstić information content (AvgIpc) is 2.46. The molecule has 2 rings (SSSR count). The molecule has 2 aromatic rings. The zero-order chi connectivity index (χ0) is 13.5. The second kappa shape index (κ2) is 7.29. The van der Waals surface area contributed by atoms with E-state index in [1.54, 1.807) is 0 Å². The molecule has 1 unspecified atom stereocenters. The van der Waals surface area contributed by atoms with Gasteiger partial charge in [-0.1, -0.05) is 30.3 Å². The van der Waals surface area contributed by atoms with Crippen LogP contribution in [-0.2, 0) is 10.8 Å². The first-order valence-corrected chi connectivity index (χ1v) is 7.95. The maximum atomic E-state index is 12.2. The van der Waals surface area contributed by atoms with Crippen LogP contribution in [0.25, 0.3) is 10.8 Å². The van der Waals surface area contributed by atoms with Gasteiger partial charge in [0.2, 0.25) is 0 Å². The molecule has 0 aliphatic carbocycles. The highest BCUT2D eigenvalue weighted by Gasteiger charge is 2.04. The Hall–Kier alpha value is -1.35. The second-order valence-corrected chi connectivity index (χ2v) is 5.99. The third kappa shape index (κ3) is 4.06. The molecule has 2 aromatic carbocycles. The monoisotopic (exact) mass is 289 g/mol. The predicted molar refractivity (Wildman–Crippen MR) is 84.4 cm³/mol. The van der Waals surface area contributed by atoms with Crippen LogP contribution in [0.3, 0.4) is 0 Å². The summed E-state index contributed by atoms with van der Waals surface area (Å²) in [5.74, 6) is 0.672. The summed E-state index contributed by atoms with van der Waals surface area (Å²) < 4.78 is 12.2. The van der Waals surface area contributed by atoms with Crippen LogP contribution in [0.1, 0.15) is 12.8 Å². The average molecular weight is 289 g/mol. The molecular formula is C15H15NOS2. The summed E-state index contributed by atoms with van der Waals surface area (Å²) in [7, 11) is -0.933. The SMILES string of the molecule is O=S(CCCCN=C=S)c1ccc2ccccc2c1. The molecule has 0 saturated heterocycles. The van der Waals surface area contributed by atoms with Crippen LogP contribution in [0.4, 0.5) is 0 Å². The van der Waals surface area contributed by atoms with Gasteiger partial charge in [-0.3, -0.25) is 4.21 Å². The van der Waals surface area contributed by atoms with Gasteiger partial charge in [0.1, 0.15) is 0 Å². The van der Waals surface area contributed by atoms with Crippen LogP contribution in [0.5, 0.6) is 0 Å². The number of fused-ring (bicyclic) bond motifs is 1. The zero-order valence-corrected chi connectivity index (χ0v) is 12.2. The Kier molecular flexibility index (Phi) is 5.40. The van der Waals surface area contributed by atoms with E-state index in [2.05, 4.69) is 28.4 Å². The summed E-state index contributed by atoms with van der Waals surface area (Å²) in [6.07, 6.45) is 1.79. The summed E-state index contributed by atoms with van der Waals surface area (Å²) in [5, 5.41) is 4.66. The first-order chi connectivity index (χ1) is 9.31. The largest absolute Gasteiger partial charge is 0.254 e. The number of nitrogens with zero attached hydrogens (tertiary/aromatic N) is 1. The molecule has 0 aliphatic rings. The first-order valence-electron chi connectivity index (χ1n) is 6.22. The fraction of sp³-hybridized carbons (Fsp3) is 0.267. The van der Waals surface area contributed by atoms with E-state index in [1.807, 2.05) is 36.4 Å². The number of isothiocyanates is 1. The molecule has 0 amide bonds. The maximum Gasteiger partial charge on any atom is 0.0584 e. The molecule has 0 aromatic heterocycles. The summed E-state index contributed by atoms with van der Waals surface area (Å²) in [5.41, 5.74) is 0. The molecule has 4 heteroatoms. The normalized spacial score (nSPS) is 12.0. The molecule has 98 valence electrons. The highest BCUT2D eigenvalue weighted by atomic mass is 32.2. The smallest absolute Gasteiger partial charge is 0.0584 e. The molecule has 0 radical (unpaired) electrons. The third-order valence-corrected chi connectivity index (χ3v) is 4.47. The molecule has 1 atom stereocenters. The van der Waals surface area contributed by atoms with Crippen molar-refractivity contribution < 1.29 is 4.21 Å². The van der Waals surface area contributed by atoms with E-state index in [-0.39, 0.29) is 0 Å². The fourth-order valence-electron chi connectivity index (χ4n) is 1.90. The Morgan fingerprint density at radius 3 is 2.68 bits per heavy atom. The Morgan fingerprint density at radius 1 is 1.11 bits per heavy atom. The Bertz CT molecular complexity index is 633. The van der Waals surface area contributed by atoms with E-state index in [4.69, 9.17) is 0 Å². The summed E-state index contributed by atoms with van der Waals surface area (Å²) >= 11 is 4.50. The molecule has 0 heterocycles. The summed E-state index contributed by atoms with van der Waals surface area (Å²) in [6, 6.07) is 14.1. The van der Waals surface area contributed by atoms with Gasteiger partial charge in [-0.15, -0.1) is 0 Å². The van der Waals surface area contributed by atoms with Crippen molar-refractivity contribution in [1.82, 2.24) is 0 Å². The zero-order valence-electron chi connectivity index (χ0n) is 10.5. The van der Waals surface area contributed by atoms with Gasteiger partial charge in [0.15, 0.2) is 0 Å². The molecule has 19 heavy (non-hydrogen) atoms. The summed E-state index contributed by atoms with van der Waals surface area (Å²) in [6.45, 7) is 0.679. The van der Waals surface area contributed by atoms with Gasteiger partial charge >= 0.3 is 0 Å². The van der Waals surface area contributed by atoms with Gasteiger partial charge in [0, 0.05) is 17.2 Å². The third-order valence-electron chi connectivity index (χ3n) is 2.90. The molecule has 0 saturated carbocycles. The van der Waals surface area contributed by atoms with E-state index in [0.717, 1.165) is 23.1 Å². The molecule has 0 N–H and O–H groups in total. The topological polar surface area (TPSA) is 29.4 Å². The van der Waals surface area contributed by atoms with Crippen LogP contribution in [0.15, 0.2) is 52.4 Å². The minimum atomic E-state index is -0.933. The first kappa shape index (κ1) is 14.1. The van der Waals surface area contributed by atoms with Crippen molar-refractivity contribution in [3.05, 3.63) is 42.5 Å². The lowest BCUT2D eigenvalue weighted by molar-refractivity contribution is 0.678. The minimum Gasteiger partial charge on any atom is -0.254 e. The van der Waals surface area contributed by atoms with Gasteiger partial charge in [0.05, 0.1) is 16.0 Å². The lowest BCUT2D eigenvalue weighted by Crippen LogP contribution is -1.99. The van der Waals surface area contributed by atoms with Crippen molar-refractivity contribution in [2.75, 3.05) is 12.3 Å². The molecule has 0 bridgehead atoms. The number of rotatable bonds is 6. The van der Waals surface area contributed by atoms with Gasteiger partial charge < -0.3 is 0 Å². The molecule has 0 spiro atoms. The van der Waals surface area contributed by atoms with Gasteiger partial charge in [-0.2, -0.15) is 0 Å². The van der Waals surface area contributed by atoms with Gasteiger partial charge in [0.25, 0.3) is 0 Å². The summed E-state index contributed by atoms with van der Waals surface area (Å²) in [4.78, 5) is 4.75. The van der Waals surface area contributed by atoms with Crippen molar-refractivity contribution in [2.45, 2.75) is 17.7 Å². The number of thiocarbonyl (C=S) groups is 1. The van der Waals surface area contributed by atoms with Crippen molar-refractivity contribution in [1.29, 1.82) is 0 Å². The van der Waals surface area contributed by atoms with E-state index >= 15 is 0 Å². The maximum absolute atomic E-state index is 12.2. The number of unbranched alkanes of at least 4 members (excludes halogenated alkanes) is 1. The second-order valence-electron chi connectivity index (χ2n) is 4.24. The van der Waals surface area contributed by atoms with Gasteiger partial charge in [-0.25, -0.2) is 4.99 Å². The predicted octanol–water partition coefficient (Wildman–Crippen LogP) is 3.83. The van der Waals surface area contributed by atoms with Crippen molar-refractivity contribution in [3.63, 3.8) is 0 Å². The standard InChI is InChI=1S/C15H15NOS2/c17-19(10-4-3-9-16-12-18)15-8-7-13-5-1-2-6-14(13)11-15/h1-2,5-8,11H,3-4,9-10H2. The highest BCUT2D eigenvalue weighted by Crippen LogP contribution is 2.18. The highest BCUT2D eigenvalue weighted by molar-refractivity contribution is 7.85. The number of hydrogen-bond donors (Lipinski definition) is 0. The van der Waals surface area contributed by atoms with Crippen molar-refractivity contribution in [2.24, 2.45) is 4.99 Å². The number of benzene rings is 2. The lowest BCUT2D eigenvalue weighted by Gasteiger charge is -2.04. The molecule has 2 nitrogen and oxygen atoms in total. The Balaban J connectivity index is 1.99. The van der Waals surface area contributed by atoms with Gasteiger partial charge in [-0.05, 0) is 48.0 Å². The minimum absolute atomic E-state index is 0.672. The van der Waals surface area contributed by atoms with E-state index in [1.165, 1.54) is 5.39 Å². The quantitative estimate of drug-likeness (QED) is 0.459. The molecule has 0 fully saturated rings. The van der Waals surface area contributed by atoms with Crippen molar-refractivity contribution in [3.8, 4) is 0 Å². The number of aliphatic imine (C=N–C) groups is 1. The van der Waals surface area contributed by atoms with E-state index in [9.17, 15) is 4.21 Å². The van der Waals surface area contributed by atoms with Crippen LogP contribution < -0.4 is 0 Å². The molecular weight excluding hydrogens is 274 g/mol. The fourth-order valence-corrected chi connectivity index (χ4v) is 3.17. The van der Waals surface area contributed by atoms with E-state index in [0.29, 0.717) is 12.3 Å².